The maximum Gasteiger partial charge on any atom is 0.160 e. The fourth-order valence-electron chi connectivity index (χ4n) is 7.50. The van der Waals surface area contributed by atoms with Crippen LogP contribution in [0.25, 0.3) is 93.7 Å². The first kappa shape index (κ1) is 27.5. The number of rotatable bonds is 4. The molecule has 49 heavy (non-hydrogen) atoms. The molecule has 0 bridgehead atoms. The molecule has 0 N–H and O–H groups in total. The Morgan fingerprint density at radius 2 is 0.980 bits per heavy atom. The Kier molecular flexibility index (Phi) is 6.18. The standard InChI is InChI=1S/C46H29N3/c1-3-13-31(14-4-1)41-29-42(48-46(47-41)33-15-5-2-6-16-33)34-17-11-18-35(28-34)49-43-21-10-9-20-38(43)40-27-24-32-23-25-37-36-19-8-7-12-30(36)22-26-39(37)44(32)45(40)49/h1-29H. The molecule has 228 valence electrons. The molecule has 10 rings (SSSR count). The monoisotopic (exact) mass is 623 g/mol. The molecule has 0 unspecified atom stereocenters. The highest BCUT2D eigenvalue weighted by Gasteiger charge is 2.18. The third kappa shape index (κ3) is 4.44. The van der Waals surface area contributed by atoms with Gasteiger partial charge in [0.2, 0.25) is 0 Å². The Balaban J connectivity index is 1.26. The molecule has 0 saturated carbocycles. The molecule has 2 heterocycles. The maximum atomic E-state index is 5.15. The maximum absolute atomic E-state index is 5.15. The Morgan fingerprint density at radius 1 is 0.367 bits per heavy atom. The lowest BCUT2D eigenvalue weighted by Gasteiger charge is -2.14. The molecule has 0 fully saturated rings. The van der Waals surface area contributed by atoms with E-state index in [1.807, 2.05) is 24.3 Å². The fourth-order valence-corrected chi connectivity index (χ4v) is 7.50. The number of nitrogens with zero attached hydrogens (tertiary/aromatic N) is 3. The summed E-state index contributed by atoms with van der Waals surface area (Å²) in [5.41, 5.74) is 8.37. The van der Waals surface area contributed by atoms with Crippen molar-refractivity contribution in [3.05, 3.63) is 176 Å². The second-order valence-corrected chi connectivity index (χ2v) is 12.6. The minimum atomic E-state index is 0.712. The molecule has 0 spiro atoms. The van der Waals surface area contributed by atoms with E-state index in [-0.39, 0.29) is 0 Å². The van der Waals surface area contributed by atoms with Gasteiger partial charge in [0, 0.05) is 38.5 Å². The molecule has 0 amide bonds. The lowest BCUT2D eigenvalue weighted by atomic mass is 9.95. The number of fused-ring (bicyclic) bond motifs is 9. The van der Waals surface area contributed by atoms with E-state index in [0.717, 1.165) is 33.8 Å². The van der Waals surface area contributed by atoms with Gasteiger partial charge in [-0.1, -0.05) is 152 Å². The van der Waals surface area contributed by atoms with Gasteiger partial charge in [-0.05, 0) is 51.2 Å². The van der Waals surface area contributed by atoms with Crippen LogP contribution in [0.3, 0.4) is 0 Å². The summed E-state index contributed by atoms with van der Waals surface area (Å²) in [4.78, 5) is 10.2. The first-order valence-electron chi connectivity index (χ1n) is 16.7. The first-order valence-corrected chi connectivity index (χ1v) is 16.7. The molecule has 10 aromatic rings. The number of hydrogen-bond acceptors (Lipinski definition) is 2. The van der Waals surface area contributed by atoms with Crippen molar-refractivity contribution >= 4 is 54.1 Å². The number of aromatic nitrogens is 3. The topological polar surface area (TPSA) is 30.7 Å². The highest BCUT2D eigenvalue weighted by atomic mass is 15.0. The molecular formula is C46H29N3. The third-order valence-corrected chi connectivity index (χ3v) is 9.77. The van der Waals surface area contributed by atoms with Gasteiger partial charge < -0.3 is 4.57 Å². The molecule has 0 atom stereocenters. The van der Waals surface area contributed by atoms with Crippen molar-refractivity contribution in [2.75, 3.05) is 0 Å². The normalized spacial score (nSPS) is 11.7. The van der Waals surface area contributed by atoms with Crippen molar-refractivity contribution in [3.63, 3.8) is 0 Å². The molecule has 3 heteroatoms. The van der Waals surface area contributed by atoms with E-state index in [2.05, 4.69) is 156 Å². The second kappa shape index (κ2) is 11.0. The van der Waals surface area contributed by atoms with E-state index in [9.17, 15) is 0 Å². The minimum Gasteiger partial charge on any atom is -0.309 e. The van der Waals surface area contributed by atoms with Crippen molar-refractivity contribution in [1.29, 1.82) is 0 Å². The highest BCUT2D eigenvalue weighted by molar-refractivity contribution is 6.28. The Labute approximate surface area is 283 Å². The quantitative estimate of drug-likeness (QED) is 0.183. The number of hydrogen-bond donors (Lipinski definition) is 0. The second-order valence-electron chi connectivity index (χ2n) is 12.6. The van der Waals surface area contributed by atoms with E-state index in [1.165, 1.54) is 54.1 Å². The summed E-state index contributed by atoms with van der Waals surface area (Å²) in [7, 11) is 0. The van der Waals surface area contributed by atoms with Crippen molar-refractivity contribution in [3.8, 4) is 39.6 Å². The Bertz CT molecular complexity index is 2810. The average Bonchev–Trinajstić information content (AvgIpc) is 3.53. The summed E-state index contributed by atoms with van der Waals surface area (Å²) in [5.74, 6) is 0.712. The zero-order valence-corrected chi connectivity index (χ0v) is 26.6. The van der Waals surface area contributed by atoms with Crippen LogP contribution in [-0.4, -0.2) is 14.5 Å². The summed E-state index contributed by atoms with van der Waals surface area (Å²) >= 11 is 0. The van der Waals surface area contributed by atoms with Crippen molar-refractivity contribution in [1.82, 2.24) is 14.5 Å². The van der Waals surface area contributed by atoms with Gasteiger partial charge in [0.1, 0.15) is 0 Å². The molecule has 0 aliphatic rings. The van der Waals surface area contributed by atoms with E-state index in [4.69, 9.17) is 9.97 Å². The average molecular weight is 624 g/mol. The van der Waals surface area contributed by atoms with Crippen LogP contribution in [-0.2, 0) is 0 Å². The van der Waals surface area contributed by atoms with Gasteiger partial charge in [-0.25, -0.2) is 9.97 Å². The van der Waals surface area contributed by atoms with Crippen molar-refractivity contribution in [2.24, 2.45) is 0 Å². The zero-order chi connectivity index (χ0) is 32.3. The Hall–Kier alpha value is -6.58. The molecule has 0 aliphatic carbocycles. The molecule has 0 aliphatic heterocycles. The van der Waals surface area contributed by atoms with E-state index in [1.54, 1.807) is 0 Å². The molecule has 3 nitrogen and oxygen atoms in total. The lowest BCUT2D eigenvalue weighted by molar-refractivity contribution is 1.17. The van der Waals surface area contributed by atoms with Gasteiger partial charge in [-0.15, -0.1) is 0 Å². The first-order chi connectivity index (χ1) is 24.3. The predicted octanol–water partition coefficient (Wildman–Crippen LogP) is 12.0. The van der Waals surface area contributed by atoms with Gasteiger partial charge in [0.25, 0.3) is 0 Å². The van der Waals surface area contributed by atoms with E-state index in [0.29, 0.717) is 5.82 Å². The summed E-state index contributed by atoms with van der Waals surface area (Å²) in [6.07, 6.45) is 0. The number of para-hydroxylation sites is 1. The minimum absolute atomic E-state index is 0.712. The third-order valence-electron chi connectivity index (χ3n) is 9.77. The van der Waals surface area contributed by atoms with E-state index >= 15 is 0 Å². The summed E-state index contributed by atoms with van der Waals surface area (Å²) in [5, 5.41) is 10.0. The van der Waals surface area contributed by atoms with Crippen LogP contribution in [0.5, 0.6) is 0 Å². The van der Waals surface area contributed by atoms with Gasteiger partial charge >= 0.3 is 0 Å². The molecule has 0 radical (unpaired) electrons. The largest absolute Gasteiger partial charge is 0.309 e. The van der Waals surface area contributed by atoms with Crippen LogP contribution >= 0.6 is 0 Å². The van der Waals surface area contributed by atoms with Crippen LogP contribution in [0.2, 0.25) is 0 Å². The van der Waals surface area contributed by atoms with Gasteiger partial charge in [0.15, 0.2) is 5.82 Å². The summed E-state index contributed by atoms with van der Waals surface area (Å²) in [6, 6.07) is 62.6. The van der Waals surface area contributed by atoms with Gasteiger partial charge in [-0.2, -0.15) is 0 Å². The smallest absolute Gasteiger partial charge is 0.160 e. The van der Waals surface area contributed by atoms with Crippen LogP contribution in [0.1, 0.15) is 0 Å². The van der Waals surface area contributed by atoms with Crippen LogP contribution in [0.15, 0.2) is 176 Å². The summed E-state index contributed by atoms with van der Waals surface area (Å²) in [6.45, 7) is 0. The predicted molar refractivity (Wildman–Crippen MR) is 205 cm³/mol. The molecular weight excluding hydrogens is 595 g/mol. The van der Waals surface area contributed by atoms with Crippen LogP contribution in [0, 0.1) is 0 Å². The zero-order valence-electron chi connectivity index (χ0n) is 26.6. The highest BCUT2D eigenvalue weighted by Crippen LogP contribution is 2.41. The number of benzene rings is 8. The van der Waals surface area contributed by atoms with Gasteiger partial charge in [0.05, 0.1) is 22.4 Å². The molecule has 8 aromatic carbocycles. The van der Waals surface area contributed by atoms with Crippen molar-refractivity contribution in [2.45, 2.75) is 0 Å². The fraction of sp³-hybridized carbons (Fsp3) is 0. The van der Waals surface area contributed by atoms with Crippen LogP contribution in [0.4, 0.5) is 0 Å². The van der Waals surface area contributed by atoms with Crippen molar-refractivity contribution < 1.29 is 0 Å². The summed E-state index contributed by atoms with van der Waals surface area (Å²) < 4.78 is 2.45. The van der Waals surface area contributed by atoms with E-state index < -0.39 is 0 Å². The van der Waals surface area contributed by atoms with Gasteiger partial charge in [-0.3, -0.25) is 0 Å². The van der Waals surface area contributed by atoms with Crippen LogP contribution < -0.4 is 0 Å². The Morgan fingerprint density at radius 3 is 1.80 bits per heavy atom. The lowest BCUT2D eigenvalue weighted by Crippen LogP contribution is -1.98. The molecule has 2 aromatic heterocycles. The SMILES string of the molecule is c1ccc(-c2cc(-c3cccc(-n4c5ccccc5c5ccc6ccc7c8ccccc8ccc7c6c54)c3)nc(-c3ccccc3)n2)cc1. The molecule has 0 saturated heterocycles.